The molecule has 5 N–H and O–H groups in total. The molecule has 0 fully saturated rings. The first-order valence-corrected chi connectivity index (χ1v) is 7.55. The van der Waals surface area contributed by atoms with E-state index in [0.29, 0.717) is 5.16 Å². The zero-order valence-electron chi connectivity index (χ0n) is 12.6. The van der Waals surface area contributed by atoms with Crippen molar-refractivity contribution < 1.29 is 4.79 Å². The Kier molecular flexibility index (Phi) is 4.81. The van der Waals surface area contributed by atoms with Gasteiger partial charge in [0, 0.05) is 5.69 Å². The largest absolute Gasteiger partial charge is 0.368 e. The molecule has 1 aromatic heterocycles. The average Bonchev–Trinajstić information content (AvgIpc) is 2.41. The van der Waals surface area contributed by atoms with Crippen LogP contribution in [0.4, 0.5) is 17.6 Å². The van der Waals surface area contributed by atoms with Crippen molar-refractivity contribution in [1.29, 1.82) is 0 Å². The number of hydrogen-bond donors (Lipinski definition) is 3. The second-order valence-corrected chi connectivity index (χ2v) is 6.16. The summed E-state index contributed by atoms with van der Waals surface area (Å²) in [5.41, 5.74) is 13.9. The molecule has 0 aliphatic carbocycles. The Balaban J connectivity index is 2.09. The fourth-order valence-corrected chi connectivity index (χ4v) is 2.66. The first-order chi connectivity index (χ1) is 10.4. The summed E-state index contributed by atoms with van der Waals surface area (Å²) in [5.74, 6) is -0.0605. The van der Waals surface area contributed by atoms with Crippen molar-refractivity contribution in [2.45, 2.75) is 31.2 Å². The summed E-state index contributed by atoms with van der Waals surface area (Å²) in [6.07, 6.45) is 0. The van der Waals surface area contributed by atoms with Crippen LogP contribution in [-0.4, -0.2) is 26.1 Å². The molecule has 0 aliphatic heterocycles. The quantitative estimate of drug-likeness (QED) is 0.735. The van der Waals surface area contributed by atoms with Gasteiger partial charge in [0.2, 0.25) is 17.8 Å². The minimum atomic E-state index is -0.403. The number of rotatable bonds is 4. The molecule has 7 nitrogen and oxygen atoms in total. The maximum absolute atomic E-state index is 12.3. The number of aryl methyl sites for hydroxylation is 2. The van der Waals surface area contributed by atoms with Crippen LogP contribution in [0.1, 0.15) is 18.1 Å². The van der Waals surface area contributed by atoms with E-state index in [1.807, 2.05) is 32.0 Å². The van der Waals surface area contributed by atoms with E-state index < -0.39 is 5.25 Å². The number of benzene rings is 1. The van der Waals surface area contributed by atoms with Gasteiger partial charge in [-0.15, -0.1) is 0 Å². The van der Waals surface area contributed by atoms with Crippen LogP contribution in [0, 0.1) is 13.8 Å². The number of hydrogen-bond acceptors (Lipinski definition) is 7. The van der Waals surface area contributed by atoms with E-state index in [9.17, 15) is 4.79 Å². The van der Waals surface area contributed by atoms with Crippen LogP contribution in [0.25, 0.3) is 0 Å². The maximum atomic E-state index is 12.3. The molecule has 116 valence electrons. The van der Waals surface area contributed by atoms with Crippen molar-refractivity contribution >= 4 is 35.3 Å². The smallest absolute Gasteiger partial charge is 0.237 e. The molecular weight excluding hydrogens is 300 g/mol. The summed E-state index contributed by atoms with van der Waals surface area (Å²) in [5, 5.41) is 2.86. The first-order valence-electron chi connectivity index (χ1n) is 6.67. The number of thioether (sulfide) groups is 1. The SMILES string of the molecule is Cc1cccc(C)c1NC(=O)[C@@H](C)Sc1nc(N)nc(N)n1. The van der Waals surface area contributed by atoms with Gasteiger partial charge in [0.25, 0.3) is 0 Å². The standard InChI is InChI=1S/C14H18N6OS/c1-7-5-4-6-8(2)10(7)17-11(21)9(3)22-14-19-12(15)18-13(16)20-14/h4-6,9H,1-3H3,(H,17,21)(H4,15,16,18,19,20)/t9-/m1/s1. The van der Waals surface area contributed by atoms with Crippen LogP contribution < -0.4 is 16.8 Å². The molecular formula is C14H18N6OS. The van der Waals surface area contributed by atoms with E-state index in [4.69, 9.17) is 11.5 Å². The fourth-order valence-electron chi connectivity index (χ4n) is 1.89. The normalized spacial score (nSPS) is 12.0. The Morgan fingerprint density at radius 1 is 1.14 bits per heavy atom. The minimum Gasteiger partial charge on any atom is -0.368 e. The second kappa shape index (κ2) is 6.61. The molecule has 2 rings (SSSR count). The van der Waals surface area contributed by atoms with Crippen molar-refractivity contribution in [3.63, 3.8) is 0 Å². The number of nitrogens with zero attached hydrogens (tertiary/aromatic N) is 3. The van der Waals surface area contributed by atoms with Crippen LogP contribution in [0.15, 0.2) is 23.4 Å². The maximum Gasteiger partial charge on any atom is 0.237 e. The summed E-state index contributed by atoms with van der Waals surface area (Å²) in [6.45, 7) is 5.67. The van der Waals surface area contributed by atoms with Gasteiger partial charge in [0.15, 0.2) is 5.16 Å². The lowest BCUT2D eigenvalue weighted by atomic mass is 10.1. The summed E-state index contributed by atoms with van der Waals surface area (Å²) in [7, 11) is 0. The summed E-state index contributed by atoms with van der Waals surface area (Å²) < 4.78 is 0. The Bertz CT molecular complexity index is 665. The molecule has 0 radical (unpaired) electrons. The Hall–Kier alpha value is -2.35. The number of aromatic nitrogens is 3. The highest BCUT2D eigenvalue weighted by Crippen LogP contribution is 2.24. The van der Waals surface area contributed by atoms with Crippen LogP contribution in [-0.2, 0) is 4.79 Å². The van der Waals surface area contributed by atoms with Gasteiger partial charge in [-0.2, -0.15) is 15.0 Å². The minimum absolute atomic E-state index is 0.0392. The molecule has 1 amide bonds. The van der Waals surface area contributed by atoms with E-state index in [1.54, 1.807) is 6.92 Å². The Morgan fingerprint density at radius 2 is 1.68 bits per heavy atom. The number of anilines is 3. The highest BCUT2D eigenvalue weighted by atomic mass is 32.2. The van der Waals surface area contributed by atoms with Crippen molar-refractivity contribution in [2.24, 2.45) is 0 Å². The van der Waals surface area contributed by atoms with Gasteiger partial charge in [0.1, 0.15) is 0 Å². The molecule has 1 atom stereocenters. The number of nitrogen functional groups attached to an aromatic ring is 2. The third-order valence-corrected chi connectivity index (χ3v) is 3.99. The predicted octanol–water partition coefficient (Wildman–Crippen LogP) is 1.77. The third-order valence-electron chi connectivity index (χ3n) is 3.03. The van der Waals surface area contributed by atoms with Gasteiger partial charge in [-0.05, 0) is 31.9 Å². The van der Waals surface area contributed by atoms with Crippen LogP contribution >= 0.6 is 11.8 Å². The molecule has 1 heterocycles. The number of carbonyl (C=O) groups is 1. The molecule has 0 unspecified atom stereocenters. The van der Waals surface area contributed by atoms with Crippen LogP contribution in [0.5, 0.6) is 0 Å². The lowest BCUT2D eigenvalue weighted by Gasteiger charge is -2.14. The molecule has 1 aromatic carbocycles. The van der Waals surface area contributed by atoms with Crippen molar-refractivity contribution in [3.05, 3.63) is 29.3 Å². The summed E-state index contributed by atoms with van der Waals surface area (Å²) >= 11 is 1.18. The van der Waals surface area contributed by atoms with E-state index in [1.165, 1.54) is 11.8 Å². The van der Waals surface area contributed by atoms with Crippen molar-refractivity contribution in [3.8, 4) is 0 Å². The number of carbonyl (C=O) groups excluding carboxylic acids is 1. The molecule has 0 saturated carbocycles. The Labute approximate surface area is 132 Å². The van der Waals surface area contributed by atoms with E-state index in [2.05, 4.69) is 20.3 Å². The van der Waals surface area contributed by atoms with Gasteiger partial charge in [-0.25, -0.2) is 0 Å². The van der Waals surface area contributed by atoms with E-state index in [0.717, 1.165) is 16.8 Å². The van der Waals surface area contributed by atoms with Gasteiger partial charge < -0.3 is 16.8 Å². The van der Waals surface area contributed by atoms with Crippen molar-refractivity contribution in [2.75, 3.05) is 16.8 Å². The highest BCUT2D eigenvalue weighted by molar-refractivity contribution is 8.00. The number of nitrogens with one attached hydrogen (secondary N) is 1. The lowest BCUT2D eigenvalue weighted by molar-refractivity contribution is -0.115. The first kappa shape index (κ1) is 16.0. The second-order valence-electron chi connectivity index (χ2n) is 4.85. The Morgan fingerprint density at radius 3 is 2.23 bits per heavy atom. The van der Waals surface area contributed by atoms with Gasteiger partial charge in [-0.1, -0.05) is 30.0 Å². The third kappa shape index (κ3) is 3.85. The highest BCUT2D eigenvalue weighted by Gasteiger charge is 2.18. The molecule has 0 saturated heterocycles. The zero-order valence-corrected chi connectivity index (χ0v) is 13.4. The topological polar surface area (TPSA) is 120 Å². The molecule has 0 bridgehead atoms. The van der Waals surface area contributed by atoms with Gasteiger partial charge >= 0.3 is 0 Å². The zero-order chi connectivity index (χ0) is 16.3. The summed E-state index contributed by atoms with van der Waals surface area (Å²) in [6, 6.07) is 5.86. The van der Waals surface area contributed by atoms with Gasteiger partial charge in [0.05, 0.1) is 5.25 Å². The molecule has 0 spiro atoms. The lowest BCUT2D eigenvalue weighted by Crippen LogP contribution is -2.23. The average molecular weight is 318 g/mol. The van der Waals surface area contributed by atoms with E-state index >= 15 is 0 Å². The van der Waals surface area contributed by atoms with Crippen molar-refractivity contribution in [1.82, 2.24) is 15.0 Å². The van der Waals surface area contributed by atoms with Crippen LogP contribution in [0.3, 0.4) is 0 Å². The number of para-hydroxylation sites is 1. The molecule has 0 aliphatic rings. The monoisotopic (exact) mass is 318 g/mol. The van der Waals surface area contributed by atoms with E-state index in [-0.39, 0.29) is 17.8 Å². The molecule has 8 heteroatoms. The van der Waals surface area contributed by atoms with Crippen LogP contribution in [0.2, 0.25) is 0 Å². The predicted molar refractivity (Wildman–Crippen MR) is 88.5 cm³/mol. The number of nitrogens with two attached hydrogens (primary N) is 2. The summed E-state index contributed by atoms with van der Waals surface area (Å²) in [4.78, 5) is 23.9. The number of amides is 1. The molecule has 2 aromatic rings. The molecule has 22 heavy (non-hydrogen) atoms. The van der Waals surface area contributed by atoms with Gasteiger partial charge in [-0.3, -0.25) is 4.79 Å². The fraction of sp³-hybridized carbons (Fsp3) is 0.286.